The Kier molecular flexibility index (Phi) is 4.78. The van der Waals surface area contributed by atoms with Crippen molar-refractivity contribution < 1.29 is 0 Å². The Balaban J connectivity index is 2.27. The van der Waals surface area contributed by atoms with Crippen LogP contribution < -0.4 is 5.73 Å². The first kappa shape index (κ1) is 13.6. The van der Waals surface area contributed by atoms with Crippen LogP contribution in [0.25, 0.3) is 0 Å². The molecule has 2 rings (SSSR count). The molecule has 102 valence electrons. The van der Waals surface area contributed by atoms with Crippen molar-refractivity contribution >= 4 is 0 Å². The summed E-state index contributed by atoms with van der Waals surface area (Å²) in [4.78, 5) is 6.91. The van der Waals surface area contributed by atoms with Gasteiger partial charge in [-0.2, -0.15) is 0 Å². The van der Waals surface area contributed by atoms with Crippen molar-refractivity contribution in [3.8, 4) is 0 Å². The summed E-state index contributed by atoms with van der Waals surface area (Å²) in [7, 11) is 0. The predicted octanol–water partition coefficient (Wildman–Crippen LogP) is 2.02. The van der Waals surface area contributed by atoms with Gasteiger partial charge in [0.15, 0.2) is 0 Å². The minimum atomic E-state index is 0.461. The summed E-state index contributed by atoms with van der Waals surface area (Å²) in [6, 6.07) is 0.461. The van der Waals surface area contributed by atoms with Gasteiger partial charge in [-0.15, -0.1) is 0 Å². The first-order chi connectivity index (χ1) is 8.81. The Morgan fingerprint density at radius 3 is 2.94 bits per heavy atom. The van der Waals surface area contributed by atoms with Gasteiger partial charge in [0.2, 0.25) is 0 Å². The summed E-state index contributed by atoms with van der Waals surface area (Å²) in [5.74, 6) is 0.575. The number of hydrogen-bond donors (Lipinski definition) is 1. The lowest BCUT2D eigenvalue weighted by atomic mass is 9.87. The fourth-order valence-corrected chi connectivity index (χ4v) is 3.19. The highest BCUT2D eigenvalue weighted by Crippen LogP contribution is 2.35. The van der Waals surface area contributed by atoms with E-state index < -0.39 is 0 Å². The van der Waals surface area contributed by atoms with Crippen LogP contribution in [0.3, 0.4) is 0 Å². The molecular formula is C14H26N4. The van der Waals surface area contributed by atoms with Gasteiger partial charge in [-0.1, -0.05) is 13.8 Å². The molecule has 0 amide bonds. The molecule has 2 unspecified atom stereocenters. The molecule has 0 spiro atoms. The van der Waals surface area contributed by atoms with Gasteiger partial charge in [-0.3, -0.25) is 4.90 Å². The zero-order valence-corrected chi connectivity index (χ0v) is 11.7. The SMILES string of the molecule is CCCn1cncc1C1C(CN)CCCN1CC. The van der Waals surface area contributed by atoms with Crippen LogP contribution in [0.15, 0.2) is 12.5 Å². The highest BCUT2D eigenvalue weighted by atomic mass is 15.2. The quantitative estimate of drug-likeness (QED) is 0.869. The molecule has 1 aliphatic rings. The van der Waals surface area contributed by atoms with Crippen LogP contribution in [0.5, 0.6) is 0 Å². The van der Waals surface area contributed by atoms with E-state index in [0.29, 0.717) is 12.0 Å². The second kappa shape index (κ2) is 6.34. The van der Waals surface area contributed by atoms with Crippen molar-refractivity contribution in [3.05, 3.63) is 18.2 Å². The molecule has 18 heavy (non-hydrogen) atoms. The van der Waals surface area contributed by atoms with Crippen molar-refractivity contribution in [1.82, 2.24) is 14.5 Å². The summed E-state index contributed by atoms with van der Waals surface area (Å²) in [6.07, 6.45) is 7.67. The van der Waals surface area contributed by atoms with Crippen molar-refractivity contribution in [2.75, 3.05) is 19.6 Å². The zero-order chi connectivity index (χ0) is 13.0. The van der Waals surface area contributed by atoms with Gasteiger partial charge in [0, 0.05) is 12.7 Å². The average Bonchev–Trinajstić information content (AvgIpc) is 2.86. The number of likely N-dealkylation sites (tertiary alicyclic amines) is 1. The van der Waals surface area contributed by atoms with E-state index >= 15 is 0 Å². The summed E-state index contributed by atoms with van der Waals surface area (Å²) in [5, 5.41) is 0. The molecule has 1 aliphatic heterocycles. The highest BCUT2D eigenvalue weighted by Gasteiger charge is 2.32. The van der Waals surface area contributed by atoms with Gasteiger partial charge >= 0.3 is 0 Å². The van der Waals surface area contributed by atoms with Gasteiger partial charge in [-0.25, -0.2) is 4.98 Å². The van der Waals surface area contributed by atoms with Gasteiger partial charge < -0.3 is 10.3 Å². The first-order valence-corrected chi connectivity index (χ1v) is 7.25. The lowest BCUT2D eigenvalue weighted by Crippen LogP contribution is -2.42. The molecule has 2 heterocycles. The normalized spacial score (nSPS) is 25.5. The number of aromatic nitrogens is 2. The fourth-order valence-electron chi connectivity index (χ4n) is 3.19. The predicted molar refractivity (Wildman–Crippen MR) is 74.3 cm³/mol. The molecule has 0 aromatic carbocycles. The molecule has 4 nitrogen and oxygen atoms in total. The molecule has 0 aliphatic carbocycles. The third kappa shape index (κ3) is 2.59. The third-order valence-corrected chi connectivity index (χ3v) is 4.08. The molecule has 4 heteroatoms. The smallest absolute Gasteiger partial charge is 0.0948 e. The highest BCUT2D eigenvalue weighted by molar-refractivity contribution is 5.09. The number of rotatable bonds is 5. The second-order valence-electron chi connectivity index (χ2n) is 5.22. The fraction of sp³-hybridized carbons (Fsp3) is 0.786. The molecule has 1 saturated heterocycles. The van der Waals surface area contributed by atoms with E-state index in [1.54, 1.807) is 0 Å². The molecule has 2 atom stereocenters. The molecular weight excluding hydrogens is 224 g/mol. The summed E-state index contributed by atoms with van der Waals surface area (Å²) >= 11 is 0. The van der Waals surface area contributed by atoms with Gasteiger partial charge in [0.1, 0.15) is 0 Å². The second-order valence-corrected chi connectivity index (χ2v) is 5.22. The minimum Gasteiger partial charge on any atom is -0.333 e. The molecule has 1 aromatic rings. The summed E-state index contributed by atoms with van der Waals surface area (Å²) < 4.78 is 2.31. The van der Waals surface area contributed by atoms with E-state index in [-0.39, 0.29) is 0 Å². The van der Waals surface area contributed by atoms with Gasteiger partial charge in [0.25, 0.3) is 0 Å². The number of hydrogen-bond acceptors (Lipinski definition) is 3. The van der Waals surface area contributed by atoms with Crippen LogP contribution in [0.2, 0.25) is 0 Å². The standard InChI is InChI=1S/C14H26N4/c1-3-7-18-11-16-10-13(18)14-12(9-15)6-5-8-17(14)4-2/h10-12,14H,3-9,15H2,1-2H3. The number of nitrogens with two attached hydrogens (primary N) is 1. The topological polar surface area (TPSA) is 47.1 Å². The maximum atomic E-state index is 5.98. The maximum absolute atomic E-state index is 5.98. The zero-order valence-electron chi connectivity index (χ0n) is 11.7. The van der Waals surface area contributed by atoms with Crippen LogP contribution >= 0.6 is 0 Å². The van der Waals surface area contributed by atoms with E-state index in [4.69, 9.17) is 5.73 Å². The monoisotopic (exact) mass is 250 g/mol. The number of imidazole rings is 1. The minimum absolute atomic E-state index is 0.461. The van der Waals surface area contributed by atoms with Crippen molar-refractivity contribution in [2.24, 2.45) is 11.7 Å². The van der Waals surface area contributed by atoms with Crippen LogP contribution in [0.4, 0.5) is 0 Å². The van der Waals surface area contributed by atoms with Crippen LogP contribution in [-0.2, 0) is 6.54 Å². The van der Waals surface area contributed by atoms with Crippen LogP contribution in [0, 0.1) is 5.92 Å². The Hall–Kier alpha value is -0.870. The molecule has 0 bridgehead atoms. The molecule has 1 aromatic heterocycles. The molecule has 0 radical (unpaired) electrons. The Bertz CT molecular complexity index is 348. The van der Waals surface area contributed by atoms with Gasteiger partial charge in [0.05, 0.1) is 18.1 Å². The largest absolute Gasteiger partial charge is 0.333 e. The van der Waals surface area contributed by atoms with E-state index in [2.05, 4.69) is 28.3 Å². The average molecular weight is 250 g/mol. The van der Waals surface area contributed by atoms with Crippen molar-refractivity contribution in [2.45, 2.75) is 45.7 Å². The number of nitrogens with zero attached hydrogens (tertiary/aromatic N) is 3. The van der Waals surface area contributed by atoms with E-state index in [1.165, 1.54) is 25.1 Å². The summed E-state index contributed by atoms with van der Waals surface area (Å²) in [5.41, 5.74) is 7.34. The Labute approximate surface area is 110 Å². The van der Waals surface area contributed by atoms with E-state index in [9.17, 15) is 0 Å². The van der Waals surface area contributed by atoms with Crippen molar-refractivity contribution in [1.29, 1.82) is 0 Å². The Morgan fingerprint density at radius 2 is 2.28 bits per heavy atom. The van der Waals surface area contributed by atoms with Crippen LogP contribution in [0.1, 0.15) is 44.8 Å². The van der Waals surface area contributed by atoms with Crippen molar-refractivity contribution in [3.63, 3.8) is 0 Å². The third-order valence-electron chi connectivity index (χ3n) is 4.08. The lowest BCUT2D eigenvalue weighted by Gasteiger charge is -2.40. The molecule has 1 fully saturated rings. The van der Waals surface area contributed by atoms with Gasteiger partial charge in [-0.05, 0) is 44.8 Å². The Morgan fingerprint density at radius 1 is 1.44 bits per heavy atom. The first-order valence-electron chi connectivity index (χ1n) is 7.25. The number of piperidine rings is 1. The molecule has 2 N–H and O–H groups in total. The summed E-state index contributed by atoms with van der Waals surface area (Å²) in [6.45, 7) is 8.57. The van der Waals surface area contributed by atoms with Crippen LogP contribution in [-0.4, -0.2) is 34.1 Å². The van der Waals surface area contributed by atoms with E-state index in [1.807, 2.05) is 12.5 Å². The van der Waals surface area contributed by atoms with E-state index in [0.717, 1.165) is 26.1 Å². The molecule has 0 saturated carbocycles. The maximum Gasteiger partial charge on any atom is 0.0948 e. The lowest BCUT2D eigenvalue weighted by molar-refractivity contribution is 0.0959. The number of aryl methyl sites for hydroxylation is 1.